The van der Waals surface area contributed by atoms with E-state index in [9.17, 15) is 4.79 Å². The first-order chi connectivity index (χ1) is 9.17. The molecule has 1 aromatic heterocycles. The van der Waals surface area contributed by atoms with Crippen molar-refractivity contribution in [2.24, 2.45) is 0 Å². The third kappa shape index (κ3) is 2.87. The first kappa shape index (κ1) is 13.8. The highest BCUT2D eigenvalue weighted by atomic mass is 16.3. The van der Waals surface area contributed by atoms with Gasteiger partial charge in [-0.05, 0) is 43.4 Å². The van der Waals surface area contributed by atoms with Crippen LogP contribution >= 0.6 is 0 Å². The summed E-state index contributed by atoms with van der Waals surface area (Å²) >= 11 is 0. The number of aromatic nitrogens is 1. The van der Waals surface area contributed by atoms with Crippen LogP contribution in [0.25, 0.3) is 0 Å². The second-order valence-electron chi connectivity index (χ2n) is 4.96. The van der Waals surface area contributed by atoms with E-state index in [0.717, 1.165) is 42.8 Å². The number of hydrogen-bond donors (Lipinski definition) is 2. The molecule has 0 aromatic carbocycles. The molecule has 2 heterocycles. The summed E-state index contributed by atoms with van der Waals surface area (Å²) in [7, 11) is 1.67. The molecule has 0 aliphatic carbocycles. The van der Waals surface area contributed by atoms with Gasteiger partial charge in [-0.25, -0.2) is 4.98 Å². The average Bonchev–Trinajstić information content (AvgIpc) is 2.46. The van der Waals surface area contributed by atoms with Gasteiger partial charge in [0, 0.05) is 19.8 Å². The number of carbonyl (C=O) groups is 1. The molecule has 5 nitrogen and oxygen atoms in total. The lowest BCUT2D eigenvalue weighted by atomic mass is 10.0. The Hall–Kier alpha value is -1.62. The fourth-order valence-corrected chi connectivity index (χ4v) is 2.64. The van der Waals surface area contributed by atoms with Crippen molar-refractivity contribution in [2.75, 3.05) is 18.5 Å². The Morgan fingerprint density at radius 2 is 2.37 bits per heavy atom. The highest BCUT2D eigenvalue weighted by Crippen LogP contribution is 2.26. The number of pyridine rings is 1. The number of amides is 1. The van der Waals surface area contributed by atoms with E-state index in [1.807, 2.05) is 13.0 Å². The van der Waals surface area contributed by atoms with Gasteiger partial charge < -0.3 is 15.3 Å². The number of likely N-dealkylation sites (N-methyl/N-ethyl adjacent to an activating group) is 1. The largest absolute Gasteiger partial charge is 0.392 e. The summed E-state index contributed by atoms with van der Waals surface area (Å²) in [5.74, 6) is 0.901. The van der Waals surface area contributed by atoms with Crippen molar-refractivity contribution >= 4 is 11.7 Å². The summed E-state index contributed by atoms with van der Waals surface area (Å²) in [6.45, 7) is 2.81. The number of aliphatic hydroxyl groups excluding tert-OH is 1. The Morgan fingerprint density at radius 1 is 1.58 bits per heavy atom. The maximum atomic E-state index is 12.0. The smallest absolute Gasteiger partial charge is 0.242 e. The lowest BCUT2D eigenvalue weighted by Crippen LogP contribution is -2.49. The number of anilines is 1. The van der Waals surface area contributed by atoms with Crippen LogP contribution in [0.1, 0.15) is 30.4 Å². The van der Waals surface area contributed by atoms with Crippen LogP contribution < -0.4 is 10.2 Å². The maximum Gasteiger partial charge on any atom is 0.242 e. The molecule has 1 aliphatic heterocycles. The van der Waals surface area contributed by atoms with E-state index >= 15 is 0 Å². The van der Waals surface area contributed by atoms with E-state index in [0.29, 0.717) is 0 Å². The van der Waals surface area contributed by atoms with E-state index in [1.165, 1.54) is 0 Å². The lowest BCUT2D eigenvalue weighted by Gasteiger charge is -2.36. The summed E-state index contributed by atoms with van der Waals surface area (Å²) in [6.07, 6.45) is 4.69. The molecule has 0 bridgehead atoms. The minimum absolute atomic E-state index is 0.00695. The van der Waals surface area contributed by atoms with Gasteiger partial charge in [0.1, 0.15) is 11.9 Å². The summed E-state index contributed by atoms with van der Waals surface area (Å²) in [5.41, 5.74) is 1.80. The van der Waals surface area contributed by atoms with E-state index in [1.54, 1.807) is 13.2 Å². The zero-order valence-electron chi connectivity index (χ0n) is 11.5. The minimum Gasteiger partial charge on any atom is -0.392 e. The summed E-state index contributed by atoms with van der Waals surface area (Å²) < 4.78 is 0. The zero-order chi connectivity index (χ0) is 13.8. The molecule has 1 amide bonds. The first-order valence-electron chi connectivity index (χ1n) is 6.72. The second-order valence-corrected chi connectivity index (χ2v) is 4.96. The third-order valence-corrected chi connectivity index (χ3v) is 3.61. The Kier molecular flexibility index (Phi) is 4.37. The van der Waals surface area contributed by atoms with Crippen molar-refractivity contribution in [1.29, 1.82) is 0 Å². The van der Waals surface area contributed by atoms with Crippen molar-refractivity contribution in [3.05, 3.63) is 23.4 Å². The molecule has 19 heavy (non-hydrogen) atoms. The van der Waals surface area contributed by atoms with Gasteiger partial charge in [-0.3, -0.25) is 4.79 Å². The van der Waals surface area contributed by atoms with Crippen LogP contribution in [-0.2, 0) is 11.4 Å². The van der Waals surface area contributed by atoms with Gasteiger partial charge in [0.15, 0.2) is 0 Å². The van der Waals surface area contributed by atoms with Crippen molar-refractivity contribution in [1.82, 2.24) is 10.3 Å². The Bertz CT molecular complexity index is 462. The number of nitrogens with zero attached hydrogens (tertiary/aromatic N) is 2. The monoisotopic (exact) mass is 263 g/mol. The zero-order valence-corrected chi connectivity index (χ0v) is 11.5. The van der Waals surface area contributed by atoms with Gasteiger partial charge >= 0.3 is 0 Å². The van der Waals surface area contributed by atoms with Crippen molar-refractivity contribution < 1.29 is 9.90 Å². The molecular weight excluding hydrogens is 242 g/mol. The molecule has 1 atom stereocenters. The SMILES string of the molecule is CNC(=O)C1CCCCN1c1ncc(CO)cc1C. The highest BCUT2D eigenvalue weighted by Gasteiger charge is 2.29. The molecule has 0 spiro atoms. The first-order valence-corrected chi connectivity index (χ1v) is 6.72. The number of nitrogens with one attached hydrogen (secondary N) is 1. The van der Waals surface area contributed by atoms with Gasteiger partial charge in [-0.2, -0.15) is 0 Å². The summed E-state index contributed by atoms with van der Waals surface area (Å²) in [6, 6.07) is 1.79. The molecular formula is C14H21N3O2. The summed E-state index contributed by atoms with van der Waals surface area (Å²) in [5, 5.41) is 11.9. The van der Waals surface area contributed by atoms with Crippen LogP contribution in [0, 0.1) is 6.92 Å². The van der Waals surface area contributed by atoms with Crippen LogP contribution in [0.4, 0.5) is 5.82 Å². The quantitative estimate of drug-likeness (QED) is 0.853. The molecule has 1 fully saturated rings. The van der Waals surface area contributed by atoms with E-state index in [4.69, 9.17) is 5.11 Å². The Labute approximate surface area is 113 Å². The van der Waals surface area contributed by atoms with Gasteiger partial charge in [0.2, 0.25) is 5.91 Å². The van der Waals surface area contributed by atoms with Crippen molar-refractivity contribution in [3.63, 3.8) is 0 Å². The van der Waals surface area contributed by atoms with Crippen LogP contribution in [-0.4, -0.2) is 35.6 Å². The molecule has 1 saturated heterocycles. The maximum absolute atomic E-state index is 12.0. The van der Waals surface area contributed by atoms with Crippen LogP contribution in [0.15, 0.2) is 12.3 Å². The minimum atomic E-state index is -0.134. The van der Waals surface area contributed by atoms with Crippen molar-refractivity contribution in [3.8, 4) is 0 Å². The Balaban J connectivity index is 2.29. The van der Waals surface area contributed by atoms with Crippen LogP contribution in [0.2, 0.25) is 0 Å². The average molecular weight is 263 g/mol. The highest BCUT2D eigenvalue weighted by molar-refractivity contribution is 5.85. The molecule has 0 radical (unpaired) electrons. The molecule has 2 rings (SSSR count). The second kappa shape index (κ2) is 6.02. The standard InChI is InChI=1S/C14H21N3O2/c1-10-7-11(9-18)8-16-13(10)17-6-4-3-5-12(17)14(19)15-2/h7-8,12,18H,3-6,9H2,1-2H3,(H,15,19). The molecule has 1 unspecified atom stereocenters. The lowest BCUT2D eigenvalue weighted by molar-refractivity contribution is -0.122. The third-order valence-electron chi connectivity index (χ3n) is 3.61. The topological polar surface area (TPSA) is 65.5 Å². The van der Waals surface area contributed by atoms with Gasteiger partial charge in [-0.15, -0.1) is 0 Å². The van der Waals surface area contributed by atoms with Gasteiger partial charge in [0.25, 0.3) is 0 Å². The molecule has 104 valence electrons. The molecule has 1 aromatic rings. The van der Waals surface area contributed by atoms with Gasteiger partial charge in [0.05, 0.1) is 6.61 Å². The summed E-state index contributed by atoms with van der Waals surface area (Å²) in [4.78, 5) is 18.5. The molecule has 1 aliphatic rings. The molecule has 0 saturated carbocycles. The fraction of sp³-hybridized carbons (Fsp3) is 0.571. The normalized spacial score (nSPS) is 19.3. The number of rotatable bonds is 3. The van der Waals surface area contributed by atoms with E-state index < -0.39 is 0 Å². The van der Waals surface area contributed by atoms with E-state index in [2.05, 4.69) is 15.2 Å². The fourth-order valence-electron chi connectivity index (χ4n) is 2.64. The predicted octanol–water partition coefficient (Wildman–Crippen LogP) is 0.987. The number of carbonyl (C=O) groups excluding carboxylic acids is 1. The van der Waals surface area contributed by atoms with E-state index in [-0.39, 0.29) is 18.6 Å². The molecule has 5 heteroatoms. The number of aryl methyl sites for hydroxylation is 1. The number of aliphatic hydroxyl groups is 1. The van der Waals surface area contributed by atoms with Gasteiger partial charge in [-0.1, -0.05) is 0 Å². The van der Waals surface area contributed by atoms with Crippen LogP contribution in [0.5, 0.6) is 0 Å². The van der Waals surface area contributed by atoms with Crippen LogP contribution in [0.3, 0.4) is 0 Å². The molecule has 2 N–H and O–H groups in total. The number of piperidine rings is 1. The van der Waals surface area contributed by atoms with Crippen molar-refractivity contribution in [2.45, 2.75) is 38.8 Å². The Morgan fingerprint density at radius 3 is 3.00 bits per heavy atom. The predicted molar refractivity (Wildman–Crippen MR) is 73.9 cm³/mol. The number of hydrogen-bond acceptors (Lipinski definition) is 4.